The van der Waals surface area contributed by atoms with E-state index in [1.54, 1.807) is 31.4 Å². The smallest absolute Gasteiger partial charge is 0.326 e. The molecule has 4 N–H and O–H groups in total. The molecule has 0 radical (unpaired) electrons. The van der Waals surface area contributed by atoms with Crippen molar-refractivity contribution in [2.24, 2.45) is 0 Å². The molecule has 0 aromatic heterocycles. The molecule has 0 heterocycles. The maximum Gasteiger partial charge on any atom is 0.326 e. The molecule has 0 aliphatic rings. The van der Waals surface area contributed by atoms with Crippen LogP contribution in [0.4, 0.5) is 4.79 Å². The summed E-state index contributed by atoms with van der Waals surface area (Å²) in [5.41, 5.74) is 0.813. The van der Waals surface area contributed by atoms with Crippen LogP contribution in [-0.2, 0) is 16.1 Å². The van der Waals surface area contributed by atoms with Crippen molar-refractivity contribution in [3.8, 4) is 5.75 Å². The van der Waals surface area contributed by atoms with Gasteiger partial charge in [-0.3, -0.25) is 4.79 Å². The summed E-state index contributed by atoms with van der Waals surface area (Å²) in [5, 5.41) is 22.2. The van der Waals surface area contributed by atoms with E-state index in [1.807, 2.05) is 0 Å². The van der Waals surface area contributed by atoms with Crippen molar-refractivity contribution >= 4 is 18.0 Å². The van der Waals surface area contributed by atoms with E-state index in [0.717, 1.165) is 5.56 Å². The van der Waals surface area contributed by atoms with Crippen LogP contribution < -0.4 is 15.4 Å². The lowest BCUT2D eigenvalue weighted by Crippen LogP contribution is -2.45. The van der Waals surface area contributed by atoms with E-state index in [2.05, 4.69) is 10.6 Å². The van der Waals surface area contributed by atoms with Crippen LogP contribution in [0.15, 0.2) is 24.3 Å². The number of amides is 2. The van der Waals surface area contributed by atoms with E-state index in [9.17, 15) is 14.4 Å². The molecule has 1 atom stereocenters. The number of carbonyl (C=O) groups is 3. The summed E-state index contributed by atoms with van der Waals surface area (Å²) in [6.07, 6.45) is -0.518. The molecule has 1 aromatic rings. The second kappa shape index (κ2) is 8.50. The van der Waals surface area contributed by atoms with Crippen molar-refractivity contribution in [2.75, 3.05) is 7.11 Å². The topological polar surface area (TPSA) is 125 Å². The van der Waals surface area contributed by atoms with Gasteiger partial charge in [0, 0.05) is 13.0 Å². The predicted octanol–water partition coefficient (Wildman–Crippen LogP) is 0.812. The van der Waals surface area contributed by atoms with Crippen molar-refractivity contribution in [1.29, 1.82) is 0 Å². The van der Waals surface area contributed by atoms with Gasteiger partial charge in [0.2, 0.25) is 0 Å². The summed E-state index contributed by atoms with van der Waals surface area (Å²) in [6.45, 7) is 0.209. The maximum absolute atomic E-state index is 11.6. The molecule has 0 saturated carbocycles. The van der Waals surface area contributed by atoms with Gasteiger partial charge in [-0.25, -0.2) is 9.59 Å². The summed E-state index contributed by atoms with van der Waals surface area (Å²) >= 11 is 0. The number of carboxylic acids is 2. The van der Waals surface area contributed by atoms with E-state index in [0.29, 0.717) is 5.75 Å². The number of hydrogen-bond donors (Lipinski definition) is 4. The Morgan fingerprint density at radius 2 is 1.82 bits per heavy atom. The fraction of sp³-hybridized carbons (Fsp3) is 0.357. The highest BCUT2D eigenvalue weighted by Gasteiger charge is 2.20. The molecule has 0 aliphatic carbocycles. The van der Waals surface area contributed by atoms with E-state index in [4.69, 9.17) is 14.9 Å². The lowest BCUT2D eigenvalue weighted by Gasteiger charge is -2.14. The van der Waals surface area contributed by atoms with Gasteiger partial charge in [-0.2, -0.15) is 0 Å². The van der Waals surface area contributed by atoms with E-state index in [1.165, 1.54) is 0 Å². The molecule has 120 valence electrons. The Balaban J connectivity index is 2.45. The zero-order chi connectivity index (χ0) is 16.5. The molecule has 0 spiro atoms. The van der Waals surface area contributed by atoms with Crippen LogP contribution in [0.25, 0.3) is 0 Å². The second-order valence-corrected chi connectivity index (χ2v) is 4.50. The predicted molar refractivity (Wildman–Crippen MR) is 76.7 cm³/mol. The molecule has 2 amide bonds. The van der Waals surface area contributed by atoms with Crippen LogP contribution in [0.1, 0.15) is 18.4 Å². The monoisotopic (exact) mass is 310 g/mol. The molecular formula is C14H18N2O6. The zero-order valence-electron chi connectivity index (χ0n) is 12.0. The number of benzene rings is 1. The second-order valence-electron chi connectivity index (χ2n) is 4.50. The van der Waals surface area contributed by atoms with Crippen molar-refractivity contribution < 1.29 is 29.3 Å². The van der Waals surface area contributed by atoms with Gasteiger partial charge in [0.25, 0.3) is 0 Å². The number of carbonyl (C=O) groups excluding carboxylic acids is 1. The summed E-state index contributed by atoms with van der Waals surface area (Å²) < 4.78 is 5.01. The third-order valence-electron chi connectivity index (χ3n) is 2.86. The Kier molecular flexibility index (Phi) is 6.68. The SMILES string of the molecule is COc1ccc(CNC(=O)NC(CCC(=O)O)C(=O)O)cc1. The first-order chi connectivity index (χ1) is 10.4. The fourth-order valence-electron chi connectivity index (χ4n) is 1.66. The molecule has 1 aromatic carbocycles. The average molecular weight is 310 g/mol. The van der Waals surface area contributed by atoms with Crippen molar-refractivity contribution in [1.82, 2.24) is 10.6 Å². The summed E-state index contributed by atoms with van der Waals surface area (Å²) in [7, 11) is 1.55. The Labute approximate surface area is 127 Å². The van der Waals surface area contributed by atoms with Crippen molar-refractivity contribution in [3.63, 3.8) is 0 Å². The molecule has 22 heavy (non-hydrogen) atoms. The van der Waals surface area contributed by atoms with Crippen LogP contribution in [0.5, 0.6) is 5.75 Å². The van der Waals surface area contributed by atoms with E-state index < -0.39 is 24.0 Å². The standard InChI is InChI=1S/C14H18N2O6/c1-22-10-4-2-9(3-5-10)8-15-14(21)16-11(13(19)20)6-7-12(17)18/h2-5,11H,6-8H2,1H3,(H,17,18)(H,19,20)(H2,15,16,21). The van der Waals surface area contributed by atoms with Gasteiger partial charge in [0.1, 0.15) is 11.8 Å². The third kappa shape index (κ3) is 6.12. The van der Waals surface area contributed by atoms with Crippen molar-refractivity contribution in [2.45, 2.75) is 25.4 Å². The molecule has 0 fully saturated rings. The fourth-order valence-corrected chi connectivity index (χ4v) is 1.66. The summed E-state index contributed by atoms with van der Waals surface area (Å²) in [4.78, 5) is 33.0. The van der Waals surface area contributed by atoms with Gasteiger partial charge in [0.05, 0.1) is 7.11 Å². The Hall–Kier alpha value is -2.77. The number of urea groups is 1. The lowest BCUT2D eigenvalue weighted by molar-refractivity contribution is -0.140. The molecule has 1 unspecified atom stereocenters. The van der Waals surface area contributed by atoms with Crippen LogP contribution in [0.2, 0.25) is 0 Å². The highest BCUT2D eigenvalue weighted by molar-refractivity contribution is 5.83. The molecule has 8 heteroatoms. The lowest BCUT2D eigenvalue weighted by atomic mass is 10.1. The first kappa shape index (κ1) is 17.3. The number of rotatable bonds is 8. The van der Waals surface area contributed by atoms with E-state index >= 15 is 0 Å². The zero-order valence-corrected chi connectivity index (χ0v) is 12.0. The first-order valence-corrected chi connectivity index (χ1v) is 6.54. The third-order valence-corrected chi connectivity index (χ3v) is 2.86. The van der Waals surface area contributed by atoms with Crippen LogP contribution in [0, 0.1) is 0 Å². The molecule has 0 saturated heterocycles. The Morgan fingerprint density at radius 3 is 2.32 bits per heavy atom. The average Bonchev–Trinajstić information content (AvgIpc) is 2.49. The van der Waals surface area contributed by atoms with Crippen molar-refractivity contribution in [3.05, 3.63) is 29.8 Å². The quantitative estimate of drug-likeness (QED) is 0.563. The van der Waals surface area contributed by atoms with E-state index in [-0.39, 0.29) is 19.4 Å². The minimum Gasteiger partial charge on any atom is -0.497 e. The molecule has 8 nitrogen and oxygen atoms in total. The van der Waals surface area contributed by atoms with Gasteiger partial charge in [-0.05, 0) is 24.1 Å². The molecule has 0 aliphatic heterocycles. The highest BCUT2D eigenvalue weighted by atomic mass is 16.5. The minimum atomic E-state index is -1.28. The number of aliphatic carboxylic acids is 2. The first-order valence-electron chi connectivity index (χ1n) is 6.54. The van der Waals surface area contributed by atoms with Crippen LogP contribution in [0.3, 0.4) is 0 Å². The summed E-state index contributed by atoms with van der Waals surface area (Å²) in [6, 6.07) is 5.08. The number of carboxylic acid groups (broad SMARTS) is 2. The molecule has 0 bridgehead atoms. The van der Waals surface area contributed by atoms with Gasteiger partial charge in [-0.1, -0.05) is 12.1 Å². The largest absolute Gasteiger partial charge is 0.497 e. The number of nitrogens with one attached hydrogen (secondary N) is 2. The normalized spacial score (nSPS) is 11.3. The maximum atomic E-state index is 11.6. The number of methoxy groups -OCH3 is 1. The van der Waals surface area contributed by atoms with Gasteiger partial charge >= 0.3 is 18.0 Å². The van der Waals surface area contributed by atoms with Gasteiger partial charge in [0.15, 0.2) is 0 Å². The van der Waals surface area contributed by atoms with Gasteiger partial charge < -0.3 is 25.6 Å². The number of ether oxygens (including phenoxy) is 1. The molecular weight excluding hydrogens is 292 g/mol. The van der Waals surface area contributed by atoms with Crippen LogP contribution in [-0.4, -0.2) is 41.3 Å². The Bertz CT molecular complexity index is 529. The highest BCUT2D eigenvalue weighted by Crippen LogP contribution is 2.10. The van der Waals surface area contributed by atoms with Crippen LogP contribution >= 0.6 is 0 Å². The molecule has 1 rings (SSSR count). The summed E-state index contributed by atoms with van der Waals surface area (Å²) in [5.74, 6) is -1.71. The minimum absolute atomic E-state index is 0.180. The Morgan fingerprint density at radius 1 is 1.18 bits per heavy atom. The van der Waals surface area contributed by atoms with Gasteiger partial charge in [-0.15, -0.1) is 0 Å². The number of hydrogen-bond acceptors (Lipinski definition) is 4.